The molecule has 0 saturated carbocycles. The van der Waals surface area contributed by atoms with E-state index in [4.69, 9.17) is 10.2 Å². The highest BCUT2D eigenvalue weighted by Crippen LogP contribution is 2.08. The van der Waals surface area contributed by atoms with E-state index in [-0.39, 0.29) is 11.8 Å². The van der Waals surface area contributed by atoms with Gasteiger partial charge in [0.05, 0.1) is 0 Å². The average Bonchev–Trinajstić information content (AvgIpc) is 2.13. The van der Waals surface area contributed by atoms with Gasteiger partial charge >= 0.3 is 5.97 Å². The van der Waals surface area contributed by atoms with Crippen LogP contribution in [0.4, 0.5) is 0 Å². The van der Waals surface area contributed by atoms with Gasteiger partial charge in [-0.25, -0.2) is 4.79 Å². The molecule has 0 aromatic heterocycles. The fourth-order valence-electron chi connectivity index (χ4n) is 1.02. The second-order valence-corrected chi connectivity index (χ2v) is 2.51. The third-order valence-corrected chi connectivity index (χ3v) is 1.58. The van der Waals surface area contributed by atoms with Gasteiger partial charge in [-0.2, -0.15) is 0 Å². The van der Waals surface area contributed by atoms with Gasteiger partial charge in [0.1, 0.15) is 11.9 Å². The SMILES string of the molecule is N.O=C(O)C1=CCCCC(O)N1. The quantitative estimate of drug-likeness (QED) is 0.455. The summed E-state index contributed by atoms with van der Waals surface area (Å²) < 4.78 is 0. The Bertz CT molecular complexity index is 191. The van der Waals surface area contributed by atoms with Gasteiger partial charge in [-0.3, -0.25) is 0 Å². The van der Waals surface area contributed by atoms with Crippen LogP contribution in [0, 0.1) is 0 Å². The summed E-state index contributed by atoms with van der Waals surface area (Å²) >= 11 is 0. The van der Waals surface area contributed by atoms with E-state index in [1.54, 1.807) is 6.08 Å². The van der Waals surface area contributed by atoms with E-state index in [9.17, 15) is 4.79 Å². The minimum atomic E-state index is -1.01. The summed E-state index contributed by atoms with van der Waals surface area (Å²) in [6.07, 6.45) is 3.03. The lowest BCUT2D eigenvalue weighted by molar-refractivity contribution is -0.133. The van der Waals surface area contributed by atoms with Crippen LogP contribution in [0.25, 0.3) is 0 Å². The van der Waals surface area contributed by atoms with Gasteiger partial charge in [0, 0.05) is 0 Å². The van der Waals surface area contributed by atoms with Crippen molar-refractivity contribution in [3.8, 4) is 0 Å². The predicted molar refractivity (Wildman–Crippen MR) is 43.7 cm³/mol. The highest BCUT2D eigenvalue weighted by Gasteiger charge is 2.13. The van der Waals surface area contributed by atoms with Crippen molar-refractivity contribution in [1.29, 1.82) is 0 Å². The molecule has 1 heterocycles. The number of carbonyl (C=O) groups is 1. The number of nitrogens with one attached hydrogen (secondary N) is 1. The standard InChI is InChI=1S/C7H11NO3.H3N/c9-6-4-2-1-3-5(8-6)7(10)11;/h3,6,8-9H,1-2,4H2,(H,10,11);1H3. The van der Waals surface area contributed by atoms with Crippen molar-refractivity contribution in [2.75, 3.05) is 0 Å². The molecule has 6 N–H and O–H groups in total. The first-order chi connectivity index (χ1) is 5.20. The molecule has 0 fully saturated rings. The molecule has 5 heteroatoms. The van der Waals surface area contributed by atoms with E-state index in [1.165, 1.54) is 0 Å². The Morgan fingerprint density at radius 3 is 2.92 bits per heavy atom. The van der Waals surface area contributed by atoms with Crippen molar-refractivity contribution in [2.45, 2.75) is 25.5 Å². The zero-order valence-electron chi connectivity index (χ0n) is 6.79. The Morgan fingerprint density at radius 1 is 1.67 bits per heavy atom. The Hall–Kier alpha value is -1.07. The van der Waals surface area contributed by atoms with Crippen LogP contribution in [-0.4, -0.2) is 22.4 Å². The summed E-state index contributed by atoms with van der Waals surface area (Å²) in [6, 6.07) is 0. The van der Waals surface area contributed by atoms with Crippen molar-refractivity contribution >= 4 is 5.97 Å². The van der Waals surface area contributed by atoms with E-state index < -0.39 is 12.2 Å². The summed E-state index contributed by atoms with van der Waals surface area (Å²) in [5.74, 6) is -1.01. The first-order valence-corrected chi connectivity index (χ1v) is 3.58. The monoisotopic (exact) mass is 174 g/mol. The maximum absolute atomic E-state index is 10.4. The van der Waals surface area contributed by atoms with Gasteiger partial charge in [0.2, 0.25) is 0 Å². The molecule has 0 aromatic rings. The van der Waals surface area contributed by atoms with Gasteiger partial charge in [0.25, 0.3) is 0 Å². The van der Waals surface area contributed by atoms with Crippen LogP contribution in [0.3, 0.4) is 0 Å². The first kappa shape index (κ1) is 10.9. The number of aliphatic hydroxyl groups excluding tert-OH is 1. The molecule has 0 amide bonds. The molecule has 5 nitrogen and oxygen atoms in total. The zero-order valence-corrected chi connectivity index (χ0v) is 6.79. The minimum Gasteiger partial charge on any atom is -0.477 e. The second kappa shape index (κ2) is 4.74. The Labute approximate surface area is 70.7 Å². The van der Waals surface area contributed by atoms with Crippen LogP contribution in [0.1, 0.15) is 19.3 Å². The molecular weight excluding hydrogens is 160 g/mol. The molecule has 1 rings (SSSR count). The molecule has 0 aliphatic carbocycles. The lowest BCUT2D eigenvalue weighted by Crippen LogP contribution is -2.30. The Morgan fingerprint density at radius 2 is 2.33 bits per heavy atom. The third-order valence-electron chi connectivity index (χ3n) is 1.58. The molecule has 1 unspecified atom stereocenters. The van der Waals surface area contributed by atoms with Gasteiger partial charge in [-0.1, -0.05) is 6.08 Å². The van der Waals surface area contributed by atoms with E-state index in [2.05, 4.69) is 5.32 Å². The van der Waals surface area contributed by atoms with Crippen molar-refractivity contribution in [3.05, 3.63) is 11.8 Å². The molecule has 1 atom stereocenters. The maximum atomic E-state index is 10.4. The average molecular weight is 174 g/mol. The number of aliphatic hydroxyl groups is 1. The molecule has 0 bridgehead atoms. The van der Waals surface area contributed by atoms with Crippen molar-refractivity contribution in [3.63, 3.8) is 0 Å². The van der Waals surface area contributed by atoms with Crippen LogP contribution in [-0.2, 0) is 4.79 Å². The van der Waals surface area contributed by atoms with E-state index in [0.717, 1.165) is 6.42 Å². The number of carboxylic acid groups (broad SMARTS) is 1. The summed E-state index contributed by atoms with van der Waals surface area (Å²) in [7, 11) is 0. The normalized spacial score (nSPS) is 22.8. The largest absolute Gasteiger partial charge is 0.477 e. The highest BCUT2D eigenvalue weighted by molar-refractivity contribution is 5.85. The first-order valence-electron chi connectivity index (χ1n) is 3.58. The molecule has 0 radical (unpaired) electrons. The Kier molecular flexibility index (Phi) is 4.31. The molecule has 0 saturated heterocycles. The summed E-state index contributed by atoms with van der Waals surface area (Å²) in [5.41, 5.74) is 0.106. The van der Waals surface area contributed by atoms with E-state index in [0.29, 0.717) is 12.8 Å². The minimum absolute atomic E-state index is 0. The van der Waals surface area contributed by atoms with Gasteiger partial charge in [-0.15, -0.1) is 0 Å². The van der Waals surface area contributed by atoms with Gasteiger partial charge in [0.15, 0.2) is 0 Å². The van der Waals surface area contributed by atoms with Crippen LogP contribution in [0.2, 0.25) is 0 Å². The van der Waals surface area contributed by atoms with Crippen molar-refractivity contribution < 1.29 is 15.0 Å². The molecule has 1 aliphatic rings. The molecule has 0 aromatic carbocycles. The maximum Gasteiger partial charge on any atom is 0.351 e. The van der Waals surface area contributed by atoms with Crippen LogP contribution in [0.5, 0.6) is 0 Å². The summed E-state index contributed by atoms with van der Waals surface area (Å²) in [5, 5.41) is 20.1. The van der Waals surface area contributed by atoms with Crippen LogP contribution in [0.15, 0.2) is 11.8 Å². The topological polar surface area (TPSA) is 105 Å². The van der Waals surface area contributed by atoms with Crippen molar-refractivity contribution in [2.24, 2.45) is 0 Å². The number of hydrogen-bond donors (Lipinski definition) is 4. The molecule has 0 spiro atoms. The lowest BCUT2D eigenvalue weighted by Gasteiger charge is -2.09. The lowest BCUT2D eigenvalue weighted by atomic mass is 10.2. The van der Waals surface area contributed by atoms with Gasteiger partial charge in [-0.05, 0) is 19.3 Å². The number of hydrogen-bond acceptors (Lipinski definition) is 4. The second-order valence-electron chi connectivity index (χ2n) is 2.51. The van der Waals surface area contributed by atoms with E-state index >= 15 is 0 Å². The van der Waals surface area contributed by atoms with E-state index in [1.807, 2.05) is 0 Å². The van der Waals surface area contributed by atoms with Gasteiger partial charge < -0.3 is 21.7 Å². The third kappa shape index (κ3) is 2.89. The Balaban J connectivity index is 0.00000121. The number of aliphatic carboxylic acids is 1. The smallest absolute Gasteiger partial charge is 0.351 e. The zero-order chi connectivity index (χ0) is 8.27. The molecule has 12 heavy (non-hydrogen) atoms. The fourth-order valence-corrected chi connectivity index (χ4v) is 1.02. The summed E-state index contributed by atoms with van der Waals surface area (Å²) in [4.78, 5) is 10.4. The van der Waals surface area contributed by atoms with Crippen molar-refractivity contribution in [1.82, 2.24) is 11.5 Å². The molecular formula is C7H14N2O3. The predicted octanol–water partition coefficient (Wildman–Crippen LogP) is 0.209. The molecule has 1 aliphatic heterocycles. The van der Waals surface area contributed by atoms with Crippen LogP contribution < -0.4 is 11.5 Å². The number of carboxylic acids is 1. The fraction of sp³-hybridized carbons (Fsp3) is 0.571. The molecule has 70 valence electrons. The number of allylic oxidation sites excluding steroid dienone is 1. The highest BCUT2D eigenvalue weighted by atomic mass is 16.4. The van der Waals surface area contributed by atoms with Crippen LogP contribution >= 0.6 is 0 Å². The number of rotatable bonds is 1. The summed E-state index contributed by atoms with van der Waals surface area (Å²) in [6.45, 7) is 0.